The van der Waals surface area contributed by atoms with Gasteiger partial charge in [-0.1, -0.05) is 39.0 Å². The van der Waals surface area contributed by atoms with Crippen LogP contribution in [0, 0.1) is 0 Å². The van der Waals surface area contributed by atoms with Crippen molar-refractivity contribution in [3.05, 3.63) is 24.3 Å². The van der Waals surface area contributed by atoms with E-state index in [0.717, 1.165) is 56.4 Å². The van der Waals surface area contributed by atoms with Crippen LogP contribution in [-0.2, 0) is 25.0 Å². The van der Waals surface area contributed by atoms with Gasteiger partial charge >= 0.3 is 6.09 Å². The molecular weight excluding hydrogens is 450 g/mol. The number of rotatable bonds is 10. The zero-order valence-corrected chi connectivity index (χ0v) is 18.5. The molecule has 0 saturated heterocycles. The highest BCUT2D eigenvalue weighted by Crippen LogP contribution is 2.36. The number of ether oxygens (including phenoxy) is 1. The third-order valence-electron chi connectivity index (χ3n) is 4.54. The molecule has 10 nitrogen and oxygen atoms in total. The van der Waals surface area contributed by atoms with Gasteiger partial charge in [0.05, 0.1) is 22.1 Å². The second-order valence-corrected chi connectivity index (χ2v) is 9.83. The summed E-state index contributed by atoms with van der Waals surface area (Å²) in [4.78, 5) is 10.8. The molecule has 2 aromatic rings. The van der Waals surface area contributed by atoms with Crippen molar-refractivity contribution < 1.29 is 40.6 Å². The fourth-order valence-electron chi connectivity index (χ4n) is 3.03. The summed E-state index contributed by atoms with van der Waals surface area (Å²) >= 11 is 0. The lowest BCUT2D eigenvalue weighted by Gasteiger charge is -2.13. The normalized spacial score (nSPS) is 12.1. The largest absolute Gasteiger partial charge is 0.507 e. The molecule has 12 heteroatoms. The van der Waals surface area contributed by atoms with Gasteiger partial charge in [-0.05, 0) is 30.0 Å². The van der Waals surface area contributed by atoms with Crippen LogP contribution in [-0.4, -0.2) is 43.7 Å². The van der Waals surface area contributed by atoms with Crippen molar-refractivity contribution in [3.63, 3.8) is 0 Å². The minimum atomic E-state index is -4.73. The van der Waals surface area contributed by atoms with E-state index in [9.17, 15) is 35.8 Å². The minimum Gasteiger partial charge on any atom is -0.507 e. The number of aromatic hydroxyl groups is 1. The Balaban J connectivity index is 2.28. The first-order valence-electron chi connectivity index (χ1n) is 9.63. The van der Waals surface area contributed by atoms with E-state index in [0.29, 0.717) is 6.42 Å². The second-order valence-electron chi connectivity index (χ2n) is 6.99. The van der Waals surface area contributed by atoms with Gasteiger partial charge in [-0.25, -0.2) is 4.79 Å². The molecule has 4 N–H and O–H groups in total. The first kappa shape index (κ1) is 24.9. The molecule has 0 spiro atoms. The molecule has 0 fully saturated rings. The van der Waals surface area contributed by atoms with Crippen molar-refractivity contribution in [1.82, 2.24) is 0 Å². The van der Waals surface area contributed by atoms with Crippen molar-refractivity contribution in [2.75, 3.05) is 11.9 Å². The van der Waals surface area contributed by atoms with E-state index in [4.69, 9.17) is 4.74 Å². The maximum absolute atomic E-state index is 12.1. The van der Waals surface area contributed by atoms with Gasteiger partial charge in [0, 0.05) is 11.5 Å². The number of unbranched alkanes of at least 4 members (excludes halogenated alkanes) is 5. The SMILES string of the molecule is CCCCCCCCOC(=O)Nc1cc(S(=O)(=O)O)cc2cc(S(=O)(=O)O)cc(O)c12. The van der Waals surface area contributed by atoms with Crippen LogP contribution < -0.4 is 5.32 Å². The van der Waals surface area contributed by atoms with E-state index in [2.05, 4.69) is 12.2 Å². The maximum Gasteiger partial charge on any atom is 0.411 e. The van der Waals surface area contributed by atoms with Crippen LogP contribution in [0.25, 0.3) is 10.8 Å². The first-order chi connectivity index (χ1) is 14.4. The Morgan fingerprint density at radius 3 is 2.03 bits per heavy atom. The summed E-state index contributed by atoms with van der Waals surface area (Å²) in [5.74, 6) is -0.641. The molecule has 0 aliphatic carbocycles. The number of carbonyl (C=O) groups excluding carboxylic acids is 1. The zero-order valence-electron chi connectivity index (χ0n) is 16.9. The fraction of sp³-hybridized carbons (Fsp3) is 0.421. The Kier molecular flexibility index (Phi) is 8.23. The minimum absolute atomic E-state index is 0.101. The third kappa shape index (κ3) is 7.06. The van der Waals surface area contributed by atoms with Gasteiger partial charge in [0.25, 0.3) is 20.2 Å². The average molecular weight is 476 g/mol. The van der Waals surface area contributed by atoms with Crippen LogP contribution in [0.5, 0.6) is 5.75 Å². The molecule has 0 heterocycles. The van der Waals surface area contributed by atoms with Crippen molar-refractivity contribution in [2.24, 2.45) is 0 Å². The first-order valence-corrected chi connectivity index (χ1v) is 12.5. The molecule has 1 amide bonds. The van der Waals surface area contributed by atoms with Crippen LogP contribution in [0.15, 0.2) is 34.1 Å². The maximum atomic E-state index is 12.1. The van der Waals surface area contributed by atoms with Crippen molar-refractivity contribution >= 4 is 42.8 Å². The van der Waals surface area contributed by atoms with Crippen LogP contribution in [0.1, 0.15) is 45.4 Å². The summed E-state index contributed by atoms with van der Waals surface area (Å²) in [5.41, 5.74) is -0.225. The predicted molar refractivity (Wildman–Crippen MR) is 114 cm³/mol. The van der Waals surface area contributed by atoms with E-state index in [1.165, 1.54) is 0 Å². The van der Waals surface area contributed by atoms with Crippen molar-refractivity contribution in [2.45, 2.75) is 55.2 Å². The van der Waals surface area contributed by atoms with E-state index in [-0.39, 0.29) is 23.1 Å². The lowest BCUT2D eigenvalue weighted by atomic mass is 10.1. The Labute approximate surface area is 180 Å². The third-order valence-corrected chi connectivity index (χ3v) is 6.20. The molecule has 2 aromatic carbocycles. The topological polar surface area (TPSA) is 167 Å². The number of amides is 1. The molecule has 0 atom stereocenters. The molecule has 0 saturated carbocycles. The summed E-state index contributed by atoms with van der Waals surface area (Å²) in [7, 11) is -9.44. The zero-order chi connectivity index (χ0) is 23.2. The second kappa shape index (κ2) is 10.3. The van der Waals surface area contributed by atoms with Crippen molar-refractivity contribution in [1.29, 1.82) is 0 Å². The standard InChI is InChI=1S/C19H25NO9S2/c1-2-3-4-5-6-7-8-29-19(22)20-16-11-14(30(23,24)25)9-13-10-15(31(26,27)28)12-17(21)18(13)16/h9-12,21H,2-8H2,1H3,(H,20,22)(H,23,24,25)(H,26,27,28). The molecule has 172 valence electrons. The highest BCUT2D eigenvalue weighted by molar-refractivity contribution is 7.86. The lowest BCUT2D eigenvalue weighted by Crippen LogP contribution is -2.15. The Morgan fingerprint density at radius 2 is 1.45 bits per heavy atom. The highest BCUT2D eigenvalue weighted by Gasteiger charge is 2.20. The Morgan fingerprint density at radius 1 is 0.903 bits per heavy atom. The Hall–Kier alpha value is -2.41. The molecule has 0 radical (unpaired) electrons. The number of hydrogen-bond acceptors (Lipinski definition) is 7. The van der Waals surface area contributed by atoms with Gasteiger partial charge < -0.3 is 9.84 Å². The summed E-state index contributed by atoms with van der Waals surface area (Å²) in [6.45, 7) is 2.24. The number of fused-ring (bicyclic) bond motifs is 1. The number of carbonyl (C=O) groups is 1. The summed E-state index contributed by atoms with van der Waals surface area (Å²) in [6.07, 6.45) is 4.99. The average Bonchev–Trinajstić information content (AvgIpc) is 2.65. The number of benzene rings is 2. The van der Waals surface area contributed by atoms with Gasteiger partial charge in [0.15, 0.2) is 0 Å². The molecule has 31 heavy (non-hydrogen) atoms. The molecule has 0 aliphatic heterocycles. The van der Waals surface area contributed by atoms with Crippen LogP contribution in [0.3, 0.4) is 0 Å². The fourth-order valence-corrected chi connectivity index (χ4v) is 4.11. The molecule has 2 rings (SSSR count). The Bertz CT molecular complexity index is 1150. The van der Waals surface area contributed by atoms with Gasteiger partial charge in [-0.3, -0.25) is 14.4 Å². The van der Waals surface area contributed by atoms with Gasteiger partial charge in [-0.15, -0.1) is 0 Å². The number of hydrogen-bond donors (Lipinski definition) is 4. The van der Waals surface area contributed by atoms with Crippen LogP contribution in [0.4, 0.5) is 10.5 Å². The molecule has 0 aliphatic rings. The van der Waals surface area contributed by atoms with E-state index in [1.54, 1.807) is 0 Å². The molecular formula is C19H25NO9S2. The summed E-state index contributed by atoms with van der Waals surface area (Å²) in [6, 6.07) is 3.44. The number of anilines is 1. The van der Waals surface area contributed by atoms with E-state index >= 15 is 0 Å². The van der Waals surface area contributed by atoms with Crippen LogP contribution >= 0.6 is 0 Å². The van der Waals surface area contributed by atoms with Crippen LogP contribution in [0.2, 0.25) is 0 Å². The molecule has 0 bridgehead atoms. The molecule has 0 aromatic heterocycles. The quantitative estimate of drug-likeness (QED) is 0.294. The van der Waals surface area contributed by atoms with Crippen molar-refractivity contribution in [3.8, 4) is 5.75 Å². The van der Waals surface area contributed by atoms with E-state index in [1.807, 2.05) is 0 Å². The summed E-state index contributed by atoms with van der Waals surface area (Å²) < 4.78 is 69.6. The van der Waals surface area contributed by atoms with E-state index < -0.39 is 41.9 Å². The number of phenols is 1. The highest BCUT2D eigenvalue weighted by atomic mass is 32.2. The molecule has 0 unspecified atom stereocenters. The smallest absolute Gasteiger partial charge is 0.411 e. The summed E-state index contributed by atoms with van der Waals surface area (Å²) in [5, 5.41) is 12.3. The van der Waals surface area contributed by atoms with Gasteiger partial charge in [0.2, 0.25) is 0 Å². The monoisotopic (exact) mass is 475 g/mol. The van der Waals surface area contributed by atoms with Gasteiger partial charge in [-0.2, -0.15) is 16.8 Å². The number of phenolic OH excluding ortho intramolecular Hbond substituents is 1. The lowest BCUT2D eigenvalue weighted by molar-refractivity contribution is 0.159. The predicted octanol–water partition coefficient (Wildman–Crippen LogP) is 3.95. The van der Waals surface area contributed by atoms with Gasteiger partial charge in [0.1, 0.15) is 5.75 Å². The number of nitrogens with one attached hydrogen (secondary N) is 1.